The molecule has 0 aliphatic heterocycles. The number of alkyl halides is 3. The van der Waals surface area contributed by atoms with Gasteiger partial charge in [0.15, 0.2) is 11.6 Å². The number of nitrogens with zero attached hydrogens (tertiary/aromatic N) is 1. The Morgan fingerprint density at radius 3 is 2.44 bits per heavy atom. The van der Waals surface area contributed by atoms with E-state index in [-0.39, 0.29) is 98.8 Å². The Bertz CT molecular complexity index is 1410. The Kier molecular flexibility index (Phi) is 9.90. The van der Waals surface area contributed by atoms with E-state index in [1.807, 2.05) is 6.07 Å². The molecule has 5 nitrogen and oxygen atoms in total. The van der Waals surface area contributed by atoms with Crippen molar-refractivity contribution in [2.45, 2.75) is 56.9 Å². The van der Waals surface area contributed by atoms with E-state index in [2.05, 4.69) is 4.98 Å². The molecule has 0 bridgehead atoms. The number of pyridine rings is 1. The second kappa shape index (κ2) is 12.6. The standard InChI is InChI=1S/C29H26F5NO3.CH3O.K/c1-28(36)10-15(11-28)13-37-26-3-2-16(7-25(26)31)21-6-19(24(30)9-23(21)29(32,33)34)14-38-27-8-18-4-17-5-20(17)22(18)12-35-27;1-2;/h2-3,6-9,12,15,17,20,36H,4-5,10-11,13-14H2,1H3;1H3;/q;-1;+1. The van der Waals surface area contributed by atoms with Crippen LogP contribution < -0.4 is 66.0 Å². The summed E-state index contributed by atoms with van der Waals surface area (Å²) in [5, 5.41) is 18.1. The second-order valence-corrected chi connectivity index (χ2v) is 11.0. The van der Waals surface area contributed by atoms with Gasteiger partial charge in [-0.2, -0.15) is 20.3 Å². The van der Waals surface area contributed by atoms with Crippen molar-refractivity contribution >= 4 is 0 Å². The summed E-state index contributed by atoms with van der Waals surface area (Å²) in [7, 11) is 0.750. The molecule has 0 spiro atoms. The van der Waals surface area contributed by atoms with E-state index in [9.17, 15) is 27.1 Å². The zero-order chi connectivity index (χ0) is 28.8. The molecule has 6 rings (SSSR count). The van der Waals surface area contributed by atoms with Gasteiger partial charge >= 0.3 is 57.6 Å². The number of halogens is 5. The minimum atomic E-state index is -4.86. The maximum absolute atomic E-state index is 14.8. The Hall–Kier alpha value is -1.60. The summed E-state index contributed by atoms with van der Waals surface area (Å²) in [6, 6.07) is 6.81. The molecule has 1 aromatic heterocycles. The van der Waals surface area contributed by atoms with Gasteiger partial charge in [-0.15, -0.1) is 0 Å². The summed E-state index contributed by atoms with van der Waals surface area (Å²) in [5.74, 6) is -0.418. The van der Waals surface area contributed by atoms with Crippen LogP contribution >= 0.6 is 0 Å². The average molecular weight is 602 g/mol. The molecule has 2 fully saturated rings. The van der Waals surface area contributed by atoms with Crippen LogP contribution in [0.1, 0.15) is 54.4 Å². The average Bonchev–Trinajstić information content (AvgIpc) is 3.56. The number of aromatic nitrogens is 1. The van der Waals surface area contributed by atoms with Gasteiger partial charge in [-0.1, -0.05) is 6.07 Å². The van der Waals surface area contributed by atoms with E-state index in [4.69, 9.17) is 14.6 Å². The molecule has 11 heteroatoms. The van der Waals surface area contributed by atoms with Gasteiger partial charge in [0.25, 0.3) is 0 Å². The van der Waals surface area contributed by atoms with Crippen LogP contribution in [0.4, 0.5) is 22.0 Å². The molecule has 0 radical (unpaired) electrons. The molecule has 3 aliphatic rings. The van der Waals surface area contributed by atoms with Crippen LogP contribution in [-0.4, -0.2) is 29.4 Å². The molecule has 2 atom stereocenters. The number of fused-ring (bicyclic) bond motifs is 3. The Labute approximate surface area is 277 Å². The fraction of sp³-hybridized carbons (Fsp3) is 0.433. The van der Waals surface area contributed by atoms with E-state index in [1.165, 1.54) is 24.1 Å². The zero-order valence-corrected chi connectivity index (χ0v) is 26.1. The van der Waals surface area contributed by atoms with Crippen LogP contribution in [0.2, 0.25) is 0 Å². The quantitative estimate of drug-likeness (QED) is 0.333. The molecule has 3 aliphatic carbocycles. The number of rotatable bonds is 7. The summed E-state index contributed by atoms with van der Waals surface area (Å²) in [4.78, 5) is 4.28. The summed E-state index contributed by atoms with van der Waals surface area (Å²) in [6.07, 6.45) is 0.0891. The van der Waals surface area contributed by atoms with Gasteiger partial charge in [0.2, 0.25) is 5.88 Å². The van der Waals surface area contributed by atoms with E-state index in [0.29, 0.717) is 30.7 Å². The van der Waals surface area contributed by atoms with Gasteiger partial charge in [-0.25, -0.2) is 13.8 Å². The van der Waals surface area contributed by atoms with Crippen molar-refractivity contribution in [3.8, 4) is 22.8 Å². The number of hydrogen-bond donors (Lipinski definition) is 1. The Balaban J connectivity index is 0.00000126. The molecule has 214 valence electrons. The van der Waals surface area contributed by atoms with Crippen LogP contribution in [0.5, 0.6) is 11.6 Å². The van der Waals surface area contributed by atoms with Crippen molar-refractivity contribution in [1.82, 2.24) is 4.98 Å². The minimum absolute atomic E-state index is 0. The number of benzene rings is 2. The van der Waals surface area contributed by atoms with Gasteiger partial charge in [-0.05, 0) is 96.9 Å². The van der Waals surface area contributed by atoms with Crippen molar-refractivity contribution in [3.05, 3.63) is 76.5 Å². The molecule has 2 aromatic carbocycles. The molecule has 2 saturated carbocycles. The molecule has 0 amide bonds. The molecule has 2 unspecified atom stereocenters. The molecular weight excluding hydrogens is 572 g/mol. The first-order chi connectivity index (χ1) is 19.0. The predicted molar refractivity (Wildman–Crippen MR) is 135 cm³/mol. The van der Waals surface area contributed by atoms with Crippen molar-refractivity contribution in [3.63, 3.8) is 0 Å². The molecule has 1 heterocycles. The molecule has 3 aromatic rings. The van der Waals surface area contributed by atoms with Crippen LogP contribution in [0, 0.1) is 23.5 Å². The number of hydrogen-bond acceptors (Lipinski definition) is 5. The largest absolute Gasteiger partial charge is 1.00 e. The summed E-state index contributed by atoms with van der Waals surface area (Å²) in [5.41, 5.74) is -0.130. The van der Waals surface area contributed by atoms with Crippen molar-refractivity contribution < 1.29 is 93.0 Å². The molecule has 1 N–H and O–H groups in total. The zero-order valence-electron chi connectivity index (χ0n) is 23.0. The third-order valence-corrected chi connectivity index (χ3v) is 7.85. The smallest absolute Gasteiger partial charge is 0.857 e. The van der Waals surface area contributed by atoms with Gasteiger partial charge in [-0.3, -0.25) is 0 Å². The minimum Gasteiger partial charge on any atom is -0.857 e. The van der Waals surface area contributed by atoms with Gasteiger partial charge < -0.3 is 19.7 Å². The third kappa shape index (κ3) is 7.14. The van der Waals surface area contributed by atoms with E-state index in [0.717, 1.165) is 31.2 Å². The van der Waals surface area contributed by atoms with Crippen LogP contribution in [0.3, 0.4) is 0 Å². The summed E-state index contributed by atoms with van der Waals surface area (Å²) >= 11 is 0. The first kappa shape index (κ1) is 32.3. The van der Waals surface area contributed by atoms with Gasteiger partial charge in [0.1, 0.15) is 12.4 Å². The van der Waals surface area contributed by atoms with E-state index in [1.54, 1.807) is 13.1 Å². The van der Waals surface area contributed by atoms with Crippen LogP contribution in [0.25, 0.3) is 11.1 Å². The van der Waals surface area contributed by atoms with Crippen molar-refractivity contribution in [1.29, 1.82) is 0 Å². The summed E-state index contributed by atoms with van der Waals surface area (Å²) < 4.78 is 82.1. The topological polar surface area (TPSA) is 74.6 Å². The van der Waals surface area contributed by atoms with Gasteiger partial charge in [0.05, 0.1) is 17.8 Å². The van der Waals surface area contributed by atoms with Crippen molar-refractivity contribution in [2.24, 2.45) is 11.8 Å². The maximum Gasteiger partial charge on any atom is 1.00 e. The fourth-order valence-corrected chi connectivity index (χ4v) is 5.86. The summed E-state index contributed by atoms with van der Waals surface area (Å²) in [6.45, 7) is 1.57. The van der Waals surface area contributed by atoms with Gasteiger partial charge in [0, 0.05) is 17.8 Å². The Morgan fingerprint density at radius 2 is 1.78 bits per heavy atom. The molecular formula is C30H29F5KNO4. The SMILES string of the molecule is CC1(O)CC(COc2ccc(-c3cc(COc4cc5c(cn4)C4CC4C5)c(F)cc3C(F)(F)F)cc2F)C1.C[O-].[K+]. The monoisotopic (exact) mass is 601 g/mol. The molecule has 0 saturated heterocycles. The first-order valence-corrected chi connectivity index (χ1v) is 13.0. The number of ether oxygens (including phenoxy) is 2. The number of aliphatic hydroxyl groups is 1. The maximum atomic E-state index is 14.8. The Morgan fingerprint density at radius 1 is 1.05 bits per heavy atom. The normalized spacial score (nSPS) is 23.7. The first-order valence-electron chi connectivity index (χ1n) is 13.0. The third-order valence-electron chi connectivity index (χ3n) is 7.85. The van der Waals surface area contributed by atoms with E-state index >= 15 is 0 Å². The van der Waals surface area contributed by atoms with Crippen LogP contribution in [0.15, 0.2) is 42.6 Å². The van der Waals surface area contributed by atoms with Crippen LogP contribution in [-0.2, 0) is 19.2 Å². The van der Waals surface area contributed by atoms with E-state index < -0.39 is 29.0 Å². The predicted octanol–water partition coefficient (Wildman–Crippen LogP) is 2.80. The molecule has 41 heavy (non-hydrogen) atoms. The second-order valence-electron chi connectivity index (χ2n) is 11.0. The fourth-order valence-electron chi connectivity index (χ4n) is 5.86. The van der Waals surface area contributed by atoms with Crippen molar-refractivity contribution in [2.75, 3.05) is 13.7 Å².